The molecule has 4 aromatic rings. The predicted molar refractivity (Wildman–Crippen MR) is 103 cm³/mol. The van der Waals surface area contributed by atoms with Gasteiger partial charge in [-0.2, -0.15) is 0 Å². The Morgan fingerprint density at radius 1 is 1.08 bits per heavy atom. The van der Waals surface area contributed by atoms with E-state index in [1.54, 1.807) is 26.7 Å². The van der Waals surface area contributed by atoms with Crippen molar-refractivity contribution in [1.29, 1.82) is 0 Å². The number of halogens is 1. The molecular weight excluding hydrogens is 352 g/mol. The van der Waals surface area contributed by atoms with E-state index in [9.17, 15) is 0 Å². The molecule has 0 radical (unpaired) electrons. The summed E-state index contributed by atoms with van der Waals surface area (Å²) in [5.74, 6) is 1.82. The Balaban J connectivity index is 2.00. The lowest BCUT2D eigenvalue weighted by molar-refractivity contribution is 0.358. The lowest BCUT2D eigenvalue weighted by Gasteiger charge is -2.15. The van der Waals surface area contributed by atoms with Crippen LogP contribution < -0.4 is 14.8 Å². The topological polar surface area (TPSA) is 60.7 Å². The molecule has 0 spiro atoms. The van der Waals surface area contributed by atoms with Gasteiger partial charge in [-0.05, 0) is 30.7 Å². The Morgan fingerprint density at radius 2 is 1.92 bits per heavy atom. The van der Waals surface area contributed by atoms with Gasteiger partial charge in [0.2, 0.25) is 0 Å². The molecule has 0 aliphatic rings. The number of nitrogens with zero attached hydrogens (tertiary/aromatic N) is 3. The average molecular weight is 369 g/mol. The van der Waals surface area contributed by atoms with Gasteiger partial charge < -0.3 is 14.8 Å². The zero-order valence-corrected chi connectivity index (χ0v) is 15.3. The van der Waals surface area contributed by atoms with Gasteiger partial charge in [-0.3, -0.25) is 4.40 Å². The Morgan fingerprint density at radius 3 is 2.65 bits per heavy atom. The summed E-state index contributed by atoms with van der Waals surface area (Å²) < 4.78 is 12.9. The third-order valence-corrected chi connectivity index (χ3v) is 4.64. The van der Waals surface area contributed by atoms with Crippen LogP contribution in [0, 0.1) is 6.92 Å². The smallest absolute Gasteiger partial charge is 0.188 e. The van der Waals surface area contributed by atoms with Gasteiger partial charge >= 0.3 is 0 Å². The Labute approximate surface area is 155 Å². The zero-order chi connectivity index (χ0) is 18.3. The van der Waals surface area contributed by atoms with Gasteiger partial charge in [0.05, 0.1) is 43.0 Å². The van der Waals surface area contributed by atoms with E-state index in [0.29, 0.717) is 27.9 Å². The number of nitrogens with one attached hydrogen (secondary N) is 1. The molecule has 6 nitrogen and oxygen atoms in total. The zero-order valence-electron chi connectivity index (χ0n) is 14.6. The monoisotopic (exact) mass is 368 g/mol. The van der Waals surface area contributed by atoms with Gasteiger partial charge in [0.1, 0.15) is 11.0 Å². The van der Waals surface area contributed by atoms with Crippen molar-refractivity contribution < 1.29 is 9.47 Å². The van der Waals surface area contributed by atoms with E-state index in [1.165, 1.54) is 0 Å². The number of methoxy groups -OCH3 is 2. The van der Waals surface area contributed by atoms with Crippen LogP contribution in [0.1, 0.15) is 5.56 Å². The SMILES string of the molecule is COc1ccc2c(nc(Nc3c(C)cccc3Cl)c3cncn32)c1OC. The van der Waals surface area contributed by atoms with Gasteiger partial charge in [-0.15, -0.1) is 0 Å². The lowest BCUT2D eigenvalue weighted by Crippen LogP contribution is -2.02. The molecule has 0 amide bonds. The molecule has 2 heterocycles. The van der Waals surface area contributed by atoms with E-state index >= 15 is 0 Å². The maximum Gasteiger partial charge on any atom is 0.188 e. The van der Waals surface area contributed by atoms with Gasteiger partial charge in [0.25, 0.3) is 0 Å². The molecule has 1 N–H and O–H groups in total. The highest BCUT2D eigenvalue weighted by atomic mass is 35.5. The summed E-state index contributed by atoms with van der Waals surface area (Å²) in [7, 11) is 3.20. The molecule has 26 heavy (non-hydrogen) atoms. The van der Waals surface area contributed by atoms with Crippen LogP contribution in [-0.4, -0.2) is 28.6 Å². The second kappa shape index (κ2) is 6.38. The highest BCUT2D eigenvalue weighted by Gasteiger charge is 2.17. The molecule has 0 aliphatic carbocycles. The second-order valence-electron chi connectivity index (χ2n) is 5.83. The number of anilines is 2. The third-order valence-electron chi connectivity index (χ3n) is 4.33. The first-order valence-corrected chi connectivity index (χ1v) is 8.40. The van der Waals surface area contributed by atoms with Crippen molar-refractivity contribution in [1.82, 2.24) is 14.4 Å². The van der Waals surface area contributed by atoms with E-state index < -0.39 is 0 Å². The number of aromatic nitrogens is 3. The van der Waals surface area contributed by atoms with Crippen molar-refractivity contribution in [2.45, 2.75) is 6.92 Å². The van der Waals surface area contributed by atoms with E-state index in [2.05, 4.69) is 10.3 Å². The maximum atomic E-state index is 6.37. The summed E-state index contributed by atoms with van der Waals surface area (Å²) in [6, 6.07) is 9.54. The number of para-hydroxylation sites is 1. The van der Waals surface area contributed by atoms with Crippen molar-refractivity contribution in [2.75, 3.05) is 19.5 Å². The summed E-state index contributed by atoms with van der Waals surface area (Å²) in [5.41, 5.74) is 4.21. The fraction of sp³-hybridized carbons (Fsp3) is 0.158. The van der Waals surface area contributed by atoms with E-state index in [-0.39, 0.29) is 0 Å². The van der Waals surface area contributed by atoms with Crippen LogP contribution in [0.15, 0.2) is 42.9 Å². The van der Waals surface area contributed by atoms with Gasteiger partial charge in [-0.1, -0.05) is 23.7 Å². The number of fused-ring (bicyclic) bond motifs is 3. The fourth-order valence-corrected chi connectivity index (χ4v) is 3.30. The number of aryl methyl sites for hydroxylation is 1. The van der Waals surface area contributed by atoms with Crippen molar-refractivity contribution in [2.24, 2.45) is 0 Å². The minimum Gasteiger partial charge on any atom is -0.493 e. The Kier molecular flexibility index (Phi) is 4.05. The second-order valence-corrected chi connectivity index (χ2v) is 6.24. The van der Waals surface area contributed by atoms with Gasteiger partial charge in [-0.25, -0.2) is 9.97 Å². The first kappa shape index (κ1) is 16.5. The third kappa shape index (κ3) is 2.50. The molecular formula is C19H17ClN4O2. The van der Waals surface area contributed by atoms with Gasteiger partial charge in [0, 0.05) is 0 Å². The minimum absolute atomic E-state index is 0.569. The normalized spacial score (nSPS) is 11.1. The van der Waals surface area contributed by atoms with E-state index in [4.69, 9.17) is 26.1 Å². The summed E-state index contributed by atoms with van der Waals surface area (Å²) in [5, 5.41) is 3.98. The highest BCUT2D eigenvalue weighted by molar-refractivity contribution is 6.33. The number of ether oxygens (including phenoxy) is 2. The number of hydrogen-bond donors (Lipinski definition) is 1. The van der Waals surface area contributed by atoms with E-state index in [1.807, 2.05) is 41.7 Å². The molecule has 0 bridgehead atoms. The molecule has 0 atom stereocenters. The largest absolute Gasteiger partial charge is 0.493 e. The summed E-state index contributed by atoms with van der Waals surface area (Å²) in [4.78, 5) is 9.07. The van der Waals surface area contributed by atoms with E-state index in [0.717, 1.165) is 22.3 Å². The van der Waals surface area contributed by atoms with Crippen LogP contribution in [-0.2, 0) is 0 Å². The van der Waals surface area contributed by atoms with Crippen molar-refractivity contribution in [3.63, 3.8) is 0 Å². The molecule has 2 aromatic carbocycles. The Bertz CT molecular complexity index is 1100. The van der Waals surface area contributed by atoms with Crippen LogP contribution in [0.2, 0.25) is 5.02 Å². The van der Waals surface area contributed by atoms with Crippen molar-refractivity contribution in [3.8, 4) is 11.5 Å². The molecule has 0 aliphatic heterocycles. The summed E-state index contributed by atoms with van der Waals surface area (Å²) in [6.07, 6.45) is 3.51. The minimum atomic E-state index is 0.569. The first-order chi connectivity index (χ1) is 12.6. The summed E-state index contributed by atoms with van der Waals surface area (Å²) >= 11 is 6.37. The maximum absolute atomic E-state index is 6.37. The standard InChI is InChI=1S/C19H17ClN4O2/c1-11-5-4-6-12(20)16(11)22-19-14-9-21-10-24(14)13-7-8-15(25-2)18(26-3)17(13)23-19/h4-10H,1-3H3,(H,22,23). The van der Waals surface area contributed by atoms with Crippen LogP contribution in [0.5, 0.6) is 11.5 Å². The lowest BCUT2D eigenvalue weighted by atomic mass is 10.2. The van der Waals surface area contributed by atoms with Crippen molar-refractivity contribution in [3.05, 3.63) is 53.4 Å². The van der Waals surface area contributed by atoms with Gasteiger partial charge in [0.15, 0.2) is 17.3 Å². The molecule has 0 saturated heterocycles. The predicted octanol–water partition coefficient (Wildman–Crippen LogP) is 4.61. The van der Waals surface area contributed by atoms with Crippen LogP contribution in [0.25, 0.3) is 16.6 Å². The highest BCUT2D eigenvalue weighted by Crippen LogP contribution is 2.37. The van der Waals surface area contributed by atoms with Crippen LogP contribution >= 0.6 is 11.6 Å². The first-order valence-electron chi connectivity index (χ1n) is 8.03. The number of benzene rings is 2. The quantitative estimate of drug-likeness (QED) is 0.570. The van der Waals surface area contributed by atoms with Crippen LogP contribution in [0.3, 0.4) is 0 Å². The summed E-state index contributed by atoms with van der Waals surface area (Å²) in [6.45, 7) is 1.99. The van der Waals surface area contributed by atoms with Crippen LogP contribution in [0.4, 0.5) is 11.5 Å². The molecule has 0 unspecified atom stereocenters. The molecule has 4 rings (SSSR count). The number of imidazole rings is 1. The Hall–Kier alpha value is -2.99. The molecule has 7 heteroatoms. The fourth-order valence-electron chi connectivity index (χ4n) is 3.03. The molecule has 2 aromatic heterocycles. The molecule has 0 saturated carbocycles. The van der Waals surface area contributed by atoms with Crippen molar-refractivity contribution >= 4 is 39.7 Å². The number of hydrogen-bond acceptors (Lipinski definition) is 5. The number of rotatable bonds is 4. The average Bonchev–Trinajstić information content (AvgIpc) is 3.14. The molecule has 132 valence electrons. The molecule has 0 fully saturated rings.